The summed E-state index contributed by atoms with van der Waals surface area (Å²) in [5.41, 5.74) is 17.7. The largest absolute Gasteiger partial charge is 0.309 e. The first-order valence-corrected chi connectivity index (χ1v) is 23.1. The smallest absolute Gasteiger partial charge is 0.0562 e. The van der Waals surface area contributed by atoms with Crippen LogP contribution in [0, 0.1) is 0 Å². The number of benzene rings is 11. The quantitative estimate of drug-likeness (QED) is 0.158. The van der Waals surface area contributed by atoms with Crippen LogP contribution in [0.25, 0.3) is 127 Å². The van der Waals surface area contributed by atoms with Crippen molar-refractivity contribution in [2.24, 2.45) is 0 Å². The lowest BCUT2D eigenvalue weighted by atomic mass is 10.00. The third kappa shape index (κ3) is 5.92. The minimum atomic E-state index is 1.13. The standard InChI is InChI=1S/C64H41N3/c1-3-14-42(15-4-1)45-26-31-50(32-27-45)65-59-24-11-10-23-54(59)57-40-58-56-39-49(30-35-62(56)67(64(58)41-63(57)65)51-21-13-20-47(36-51)43-16-5-2-6-17-43)48-29-34-61-55(38-48)53-22-9-12-25-60(53)66(61)52-33-28-44-18-7-8-19-46(44)37-52/h1-41H. The van der Waals surface area contributed by atoms with Gasteiger partial charge in [-0.3, -0.25) is 0 Å². The highest BCUT2D eigenvalue weighted by atomic mass is 15.0. The minimum absolute atomic E-state index is 1.13. The zero-order chi connectivity index (χ0) is 44.0. The van der Waals surface area contributed by atoms with Crippen molar-refractivity contribution in [1.29, 1.82) is 0 Å². The molecule has 0 saturated heterocycles. The van der Waals surface area contributed by atoms with E-state index in [9.17, 15) is 0 Å². The zero-order valence-electron chi connectivity index (χ0n) is 36.5. The molecule has 0 aliphatic rings. The lowest BCUT2D eigenvalue weighted by molar-refractivity contribution is 1.16. The first-order valence-electron chi connectivity index (χ1n) is 23.1. The Hall–Kier alpha value is -8.92. The maximum atomic E-state index is 2.47. The third-order valence-electron chi connectivity index (χ3n) is 14.0. The summed E-state index contributed by atoms with van der Waals surface area (Å²) in [7, 11) is 0. The summed E-state index contributed by atoms with van der Waals surface area (Å²) in [4.78, 5) is 0. The highest BCUT2D eigenvalue weighted by Gasteiger charge is 2.21. The van der Waals surface area contributed by atoms with Crippen LogP contribution in [0.4, 0.5) is 0 Å². The predicted octanol–water partition coefficient (Wildman–Crippen LogP) is 17.1. The van der Waals surface area contributed by atoms with Gasteiger partial charge in [-0.1, -0.05) is 164 Å². The lowest BCUT2D eigenvalue weighted by Gasteiger charge is -2.12. The molecule has 3 aromatic heterocycles. The molecule has 0 amide bonds. The molecule has 0 bridgehead atoms. The number of rotatable bonds is 6. The molecule has 0 saturated carbocycles. The van der Waals surface area contributed by atoms with Crippen LogP contribution in [0.2, 0.25) is 0 Å². The molecular weight excluding hydrogens is 811 g/mol. The van der Waals surface area contributed by atoms with E-state index in [0.717, 1.165) is 11.4 Å². The van der Waals surface area contributed by atoms with E-state index in [4.69, 9.17) is 0 Å². The van der Waals surface area contributed by atoms with E-state index in [2.05, 4.69) is 262 Å². The van der Waals surface area contributed by atoms with Gasteiger partial charge in [-0.2, -0.15) is 0 Å². The summed E-state index contributed by atoms with van der Waals surface area (Å²) in [6.07, 6.45) is 0. The minimum Gasteiger partial charge on any atom is -0.309 e. The molecule has 0 fully saturated rings. The Balaban J connectivity index is 0.991. The average molecular weight is 852 g/mol. The first kappa shape index (κ1) is 37.5. The normalized spacial score (nSPS) is 11.9. The van der Waals surface area contributed by atoms with Crippen LogP contribution in [0.5, 0.6) is 0 Å². The molecule has 14 aromatic rings. The Labute approximate surface area is 387 Å². The van der Waals surface area contributed by atoms with Crippen molar-refractivity contribution in [3.8, 4) is 50.4 Å². The van der Waals surface area contributed by atoms with Crippen LogP contribution < -0.4 is 0 Å². The van der Waals surface area contributed by atoms with E-state index in [1.165, 1.54) is 115 Å². The van der Waals surface area contributed by atoms with Gasteiger partial charge in [-0.05, 0) is 129 Å². The van der Waals surface area contributed by atoms with E-state index >= 15 is 0 Å². The fourth-order valence-electron chi connectivity index (χ4n) is 10.9. The van der Waals surface area contributed by atoms with Gasteiger partial charge in [-0.25, -0.2) is 0 Å². The van der Waals surface area contributed by atoms with Gasteiger partial charge >= 0.3 is 0 Å². The molecule has 0 radical (unpaired) electrons. The maximum absolute atomic E-state index is 2.47. The molecule has 0 unspecified atom stereocenters. The number of fused-ring (bicyclic) bond motifs is 10. The van der Waals surface area contributed by atoms with Crippen molar-refractivity contribution in [2.45, 2.75) is 0 Å². The van der Waals surface area contributed by atoms with E-state index < -0.39 is 0 Å². The topological polar surface area (TPSA) is 14.8 Å². The van der Waals surface area contributed by atoms with Crippen LogP contribution in [0.3, 0.4) is 0 Å². The average Bonchev–Trinajstić information content (AvgIpc) is 4.03. The molecule has 0 aliphatic heterocycles. The predicted molar refractivity (Wildman–Crippen MR) is 283 cm³/mol. The second kappa shape index (κ2) is 14.8. The van der Waals surface area contributed by atoms with Gasteiger partial charge in [-0.15, -0.1) is 0 Å². The highest BCUT2D eigenvalue weighted by Crippen LogP contribution is 2.43. The van der Waals surface area contributed by atoms with Crippen molar-refractivity contribution < 1.29 is 0 Å². The van der Waals surface area contributed by atoms with Gasteiger partial charge in [0.05, 0.1) is 33.1 Å². The van der Waals surface area contributed by atoms with Gasteiger partial charge in [0.1, 0.15) is 0 Å². The van der Waals surface area contributed by atoms with E-state index in [0.29, 0.717) is 0 Å². The van der Waals surface area contributed by atoms with Gasteiger partial charge in [0, 0.05) is 49.4 Å². The Bertz CT molecular complexity index is 4240. The molecule has 11 aromatic carbocycles. The van der Waals surface area contributed by atoms with Crippen LogP contribution in [0.15, 0.2) is 249 Å². The SMILES string of the molecule is c1ccc(-c2ccc(-n3c4ccccc4c4cc5c6cc(-c7ccc8c(c7)c7ccccc7n8-c7ccc8ccccc8c7)ccc6n(-c6cccc(-c7ccccc7)c6)c5cc43)cc2)cc1. The number of para-hydroxylation sites is 2. The summed E-state index contributed by atoms with van der Waals surface area (Å²) >= 11 is 0. The molecule has 0 atom stereocenters. The third-order valence-corrected chi connectivity index (χ3v) is 14.0. The Morgan fingerprint density at radius 2 is 0.597 bits per heavy atom. The fourth-order valence-corrected chi connectivity index (χ4v) is 10.9. The van der Waals surface area contributed by atoms with E-state index in [1.54, 1.807) is 0 Å². The van der Waals surface area contributed by atoms with Crippen molar-refractivity contribution in [2.75, 3.05) is 0 Å². The molecular formula is C64H41N3. The van der Waals surface area contributed by atoms with Crippen molar-refractivity contribution >= 4 is 76.2 Å². The van der Waals surface area contributed by atoms with E-state index in [-0.39, 0.29) is 0 Å². The second-order valence-corrected chi connectivity index (χ2v) is 17.8. The van der Waals surface area contributed by atoms with Gasteiger partial charge in [0.2, 0.25) is 0 Å². The summed E-state index contributed by atoms with van der Waals surface area (Å²) in [6, 6.07) is 91.4. The molecule has 312 valence electrons. The highest BCUT2D eigenvalue weighted by molar-refractivity contribution is 6.20. The maximum Gasteiger partial charge on any atom is 0.0562 e. The molecule has 3 heterocycles. The van der Waals surface area contributed by atoms with Crippen LogP contribution in [0.1, 0.15) is 0 Å². The Morgan fingerprint density at radius 3 is 1.27 bits per heavy atom. The van der Waals surface area contributed by atoms with E-state index in [1.807, 2.05) is 0 Å². The first-order chi connectivity index (χ1) is 33.2. The molecule has 3 nitrogen and oxygen atoms in total. The zero-order valence-corrected chi connectivity index (χ0v) is 36.5. The molecule has 3 heteroatoms. The van der Waals surface area contributed by atoms with Gasteiger partial charge in [0.25, 0.3) is 0 Å². The van der Waals surface area contributed by atoms with Crippen molar-refractivity contribution in [3.05, 3.63) is 249 Å². The Morgan fingerprint density at radius 1 is 0.179 bits per heavy atom. The van der Waals surface area contributed by atoms with Crippen LogP contribution >= 0.6 is 0 Å². The summed E-state index contributed by atoms with van der Waals surface area (Å²) < 4.78 is 7.33. The number of hydrogen-bond donors (Lipinski definition) is 0. The van der Waals surface area contributed by atoms with Gasteiger partial charge < -0.3 is 13.7 Å². The summed E-state index contributed by atoms with van der Waals surface area (Å²) in [5.74, 6) is 0. The Kier molecular flexibility index (Phi) is 8.28. The van der Waals surface area contributed by atoms with Crippen molar-refractivity contribution in [3.63, 3.8) is 0 Å². The molecule has 0 N–H and O–H groups in total. The van der Waals surface area contributed by atoms with Crippen molar-refractivity contribution in [1.82, 2.24) is 13.7 Å². The monoisotopic (exact) mass is 851 g/mol. The molecule has 67 heavy (non-hydrogen) atoms. The molecule has 0 spiro atoms. The summed E-state index contributed by atoms with van der Waals surface area (Å²) in [5, 5.41) is 9.90. The van der Waals surface area contributed by atoms with Gasteiger partial charge in [0.15, 0.2) is 0 Å². The number of nitrogens with zero attached hydrogens (tertiary/aromatic N) is 3. The summed E-state index contributed by atoms with van der Waals surface area (Å²) in [6.45, 7) is 0. The number of aromatic nitrogens is 3. The fraction of sp³-hybridized carbons (Fsp3) is 0. The van der Waals surface area contributed by atoms with Crippen LogP contribution in [-0.2, 0) is 0 Å². The number of hydrogen-bond acceptors (Lipinski definition) is 0. The van der Waals surface area contributed by atoms with Crippen LogP contribution in [-0.4, -0.2) is 13.7 Å². The lowest BCUT2D eigenvalue weighted by Crippen LogP contribution is -1.96. The molecule has 0 aliphatic carbocycles. The molecule has 14 rings (SSSR count). The second-order valence-electron chi connectivity index (χ2n) is 17.8.